The summed E-state index contributed by atoms with van der Waals surface area (Å²) in [5.74, 6) is -2.11. The number of ketones is 1. The molecule has 0 amide bonds. The molecule has 1 heterocycles. The van der Waals surface area contributed by atoms with Crippen molar-refractivity contribution in [2.45, 2.75) is 13.1 Å². The lowest BCUT2D eigenvalue weighted by molar-refractivity contribution is -0.137. The molecule has 0 unspecified atom stereocenters. The first-order valence-electron chi connectivity index (χ1n) is 5.75. The summed E-state index contributed by atoms with van der Waals surface area (Å²) in [4.78, 5) is 25.5. The van der Waals surface area contributed by atoms with Gasteiger partial charge in [0.15, 0.2) is 0 Å². The van der Waals surface area contributed by atoms with E-state index in [2.05, 4.69) is 9.72 Å². The first kappa shape index (κ1) is 14.1. The Balaban J connectivity index is 2.49. The molecule has 2 aromatic rings. The van der Waals surface area contributed by atoms with Crippen molar-refractivity contribution in [3.63, 3.8) is 0 Å². The van der Waals surface area contributed by atoms with Gasteiger partial charge in [-0.25, -0.2) is 4.79 Å². The molecule has 0 saturated carbocycles. The summed E-state index contributed by atoms with van der Waals surface area (Å²) in [6.07, 6.45) is -4.54. The van der Waals surface area contributed by atoms with Crippen molar-refractivity contribution in [2.24, 2.45) is 0 Å². The van der Waals surface area contributed by atoms with E-state index in [1.54, 1.807) is 0 Å². The molecular weight excluding hydrogens is 275 g/mol. The Hall–Kier alpha value is -2.31. The van der Waals surface area contributed by atoms with E-state index in [4.69, 9.17) is 0 Å². The van der Waals surface area contributed by atoms with Gasteiger partial charge in [0.1, 0.15) is 0 Å². The molecule has 1 aromatic carbocycles. The second kappa shape index (κ2) is 4.99. The molecule has 0 aliphatic rings. The number of Topliss-reactive ketones (excluding diaryl/α,β-unsaturated/α-hetero) is 1. The van der Waals surface area contributed by atoms with Crippen LogP contribution in [0.1, 0.15) is 23.0 Å². The van der Waals surface area contributed by atoms with E-state index in [9.17, 15) is 22.8 Å². The zero-order valence-corrected chi connectivity index (χ0v) is 10.4. The Labute approximate surface area is 111 Å². The summed E-state index contributed by atoms with van der Waals surface area (Å²) in [6.45, 7) is 1.54. The average molecular weight is 285 g/mol. The van der Waals surface area contributed by atoms with Gasteiger partial charge in [0, 0.05) is 10.9 Å². The van der Waals surface area contributed by atoms with Crippen molar-refractivity contribution >= 4 is 22.7 Å². The molecule has 1 N–H and O–H groups in total. The lowest BCUT2D eigenvalue weighted by Crippen LogP contribution is -2.17. The molecule has 106 valence electrons. The number of ether oxygens (including phenoxy) is 1. The van der Waals surface area contributed by atoms with Gasteiger partial charge in [-0.2, -0.15) is 13.2 Å². The molecule has 7 heteroatoms. The second-order valence-electron chi connectivity index (χ2n) is 4.00. The van der Waals surface area contributed by atoms with Gasteiger partial charge in [0.25, 0.3) is 5.78 Å². The molecule has 20 heavy (non-hydrogen) atoms. The molecule has 0 saturated heterocycles. The number of hydrogen-bond donors (Lipinski definition) is 1. The second-order valence-corrected chi connectivity index (χ2v) is 4.00. The number of carbonyl (C=O) groups is 2. The largest absolute Gasteiger partial charge is 0.460 e. The fourth-order valence-electron chi connectivity index (χ4n) is 1.83. The summed E-state index contributed by atoms with van der Waals surface area (Å²) in [6, 6.07) is 4.54. The van der Waals surface area contributed by atoms with Crippen molar-refractivity contribution < 1.29 is 27.5 Å². The third kappa shape index (κ3) is 2.52. The zero-order valence-electron chi connectivity index (χ0n) is 10.4. The van der Waals surface area contributed by atoms with E-state index in [1.165, 1.54) is 19.1 Å². The molecule has 0 radical (unpaired) electrons. The average Bonchev–Trinajstić information content (AvgIpc) is 2.80. The number of fused-ring (bicyclic) bond motifs is 1. The van der Waals surface area contributed by atoms with Crippen LogP contribution in [0.15, 0.2) is 24.3 Å². The van der Waals surface area contributed by atoms with E-state index >= 15 is 0 Å². The lowest BCUT2D eigenvalue weighted by Gasteiger charge is -2.06. The fourth-order valence-corrected chi connectivity index (χ4v) is 1.83. The molecule has 0 aliphatic heterocycles. The highest BCUT2D eigenvalue weighted by Gasteiger charge is 2.33. The van der Waals surface area contributed by atoms with Crippen molar-refractivity contribution in [2.75, 3.05) is 6.61 Å². The molecule has 4 nitrogen and oxygen atoms in total. The van der Waals surface area contributed by atoms with Crippen LogP contribution < -0.4 is 0 Å². The van der Waals surface area contributed by atoms with Gasteiger partial charge in [-0.1, -0.05) is 6.07 Å². The summed E-state index contributed by atoms with van der Waals surface area (Å²) < 4.78 is 43.0. The Morgan fingerprint density at radius 3 is 2.60 bits per heavy atom. The highest BCUT2D eigenvalue weighted by molar-refractivity contribution is 6.40. The molecule has 2 rings (SSSR count). The highest BCUT2D eigenvalue weighted by atomic mass is 19.4. The van der Waals surface area contributed by atoms with Crippen LogP contribution >= 0.6 is 0 Å². The summed E-state index contributed by atoms with van der Waals surface area (Å²) >= 11 is 0. The minimum atomic E-state index is -4.54. The predicted octanol–water partition coefficient (Wildman–Crippen LogP) is 2.93. The topological polar surface area (TPSA) is 59.2 Å². The first-order chi connectivity index (χ1) is 9.34. The Morgan fingerprint density at radius 1 is 1.30 bits per heavy atom. The van der Waals surface area contributed by atoms with Crippen LogP contribution in [0.3, 0.4) is 0 Å². The van der Waals surface area contributed by atoms with Crippen LogP contribution in [0.25, 0.3) is 10.9 Å². The maximum atomic E-state index is 12.8. The van der Waals surface area contributed by atoms with E-state index in [0.29, 0.717) is 0 Å². The van der Waals surface area contributed by atoms with Crippen molar-refractivity contribution in [3.05, 3.63) is 35.5 Å². The van der Waals surface area contributed by atoms with Gasteiger partial charge < -0.3 is 9.72 Å². The fraction of sp³-hybridized carbons (Fsp3) is 0.231. The van der Waals surface area contributed by atoms with Gasteiger partial charge in [0.2, 0.25) is 0 Å². The third-order valence-corrected chi connectivity index (χ3v) is 2.67. The third-order valence-electron chi connectivity index (χ3n) is 2.67. The maximum Gasteiger partial charge on any atom is 0.417 e. The van der Waals surface area contributed by atoms with Crippen LogP contribution in [0.2, 0.25) is 0 Å². The normalized spacial score (nSPS) is 11.6. The van der Waals surface area contributed by atoms with Gasteiger partial charge in [0.05, 0.1) is 17.9 Å². The van der Waals surface area contributed by atoms with E-state index in [0.717, 1.165) is 12.1 Å². The minimum Gasteiger partial charge on any atom is -0.460 e. The van der Waals surface area contributed by atoms with E-state index < -0.39 is 23.5 Å². The standard InChI is InChI=1S/C13H10F3NO3/c1-2-20-12(19)11(18)10-6-7-8(13(14,15)16)4-3-5-9(7)17-10/h3-6,17H,2H2,1H3. The lowest BCUT2D eigenvalue weighted by atomic mass is 10.1. The van der Waals surface area contributed by atoms with Gasteiger partial charge in [-0.15, -0.1) is 0 Å². The van der Waals surface area contributed by atoms with Crippen LogP contribution in [0, 0.1) is 0 Å². The van der Waals surface area contributed by atoms with Crippen LogP contribution in [-0.4, -0.2) is 23.3 Å². The molecule has 0 aliphatic carbocycles. The van der Waals surface area contributed by atoms with Crippen LogP contribution in [-0.2, 0) is 15.7 Å². The molecule has 0 fully saturated rings. The predicted molar refractivity (Wildman–Crippen MR) is 64.3 cm³/mol. The van der Waals surface area contributed by atoms with Gasteiger partial charge in [-0.3, -0.25) is 4.79 Å². The number of carbonyl (C=O) groups excluding carboxylic acids is 2. The quantitative estimate of drug-likeness (QED) is 0.536. The molecule has 0 spiro atoms. The summed E-state index contributed by atoms with van der Waals surface area (Å²) in [5.41, 5.74) is -0.961. The van der Waals surface area contributed by atoms with Gasteiger partial charge >= 0.3 is 12.1 Å². The number of halogens is 3. The number of alkyl halides is 3. The molecule has 1 aromatic heterocycles. The monoisotopic (exact) mass is 285 g/mol. The first-order valence-corrected chi connectivity index (χ1v) is 5.75. The molecule has 0 atom stereocenters. The van der Waals surface area contributed by atoms with Crippen molar-refractivity contribution in [1.29, 1.82) is 0 Å². The number of aromatic amines is 1. The summed E-state index contributed by atoms with van der Waals surface area (Å²) in [5, 5.41) is -0.160. The minimum absolute atomic E-state index is 0.0125. The van der Waals surface area contributed by atoms with Crippen LogP contribution in [0.4, 0.5) is 13.2 Å². The number of hydrogen-bond acceptors (Lipinski definition) is 3. The molecular formula is C13H10F3NO3. The van der Waals surface area contributed by atoms with Crippen molar-refractivity contribution in [3.8, 4) is 0 Å². The Kier molecular flexibility index (Phi) is 3.52. The van der Waals surface area contributed by atoms with Crippen LogP contribution in [0.5, 0.6) is 0 Å². The number of rotatable bonds is 3. The molecule has 0 bridgehead atoms. The number of H-pyrrole nitrogens is 1. The SMILES string of the molecule is CCOC(=O)C(=O)c1cc2c(C(F)(F)F)cccc2[nH]1. The Morgan fingerprint density at radius 2 is 2.00 bits per heavy atom. The van der Waals surface area contributed by atoms with E-state index in [1.807, 2.05) is 0 Å². The smallest absolute Gasteiger partial charge is 0.417 e. The number of esters is 1. The number of benzene rings is 1. The number of aromatic nitrogens is 1. The highest BCUT2D eigenvalue weighted by Crippen LogP contribution is 2.35. The zero-order chi connectivity index (χ0) is 14.9. The van der Waals surface area contributed by atoms with Crippen molar-refractivity contribution in [1.82, 2.24) is 4.98 Å². The number of nitrogens with one attached hydrogen (secondary N) is 1. The Bertz CT molecular complexity index is 673. The maximum absolute atomic E-state index is 12.8. The van der Waals surface area contributed by atoms with E-state index in [-0.39, 0.29) is 23.2 Å². The van der Waals surface area contributed by atoms with Gasteiger partial charge in [-0.05, 0) is 25.1 Å². The summed E-state index contributed by atoms with van der Waals surface area (Å²) in [7, 11) is 0.